The quantitative estimate of drug-likeness (QED) is 0.660. The van der Waals surface area contributed by atoms with Gasteiger partial charge in [-0.3, -0.25) is 0 Å². The lowest BCUT2D eigenvalue weighted by molar-refractivity contribution is 0.154. The SMILES string of the molecule is CC(C)CCCNCCN1CCC(CN2CCCC2)CC1. The standard InChI is InChI=1S/C18H37N3/c1-17(2)6-5-9-19-10-15-20-13-7-18(8-14-20)16-21-11-3-4-12-21/h17-19H,3-16H2,1-2H3. The Bertz CT molecular complexity index is 253. The zero-order valence-electron chi connectivity index (χ0n) is 14.4. The smallest absolute Gasteiger partial charge is 0.0107 e. The van der Waals surface area contributed by atoms with Crippen LogP contribution in [0.3, 0.4) is 0 Å². The summed E-state index contributed by atoms with van der Waals surface area (Å²) in [5.74, 6) is 1.82. The van der Waals surface area contributed by atoms with Crippen molar-refractivity contribution in [2.45, 2.75) is 52.4 Å². The van der Waals surface area contributed by atoms with Crippen molar-refractivity contribution in [3.05, 3.63) is 0 Å². The van der Waals surface area contributed by atoms with Gasteiger partial charge in [0.05, 0.1) is 0 Å². The van der Waals surface area contributed by atoms with Gasteiger partial charge in [0.2, 0.25) is 0 Å². The van der Waals surface area contributed by atoms with Crippen molar-refractivity contribution in [1.29, 1.82) is 0 Å². The molecule has 124 valence electrons. The third-order valence-electron chi connectivity index (χ3n) is 5.16. The predicted molar refractivity (Wildman–Crippen MR) is 91.8 cm³/mol. The summed E-state index contributed by atoms with van der Waals surface area (Å²) in [5, 5.41) is 3.61. The minimum Gasteiger partial charge on any atom is -0.315 e. The molecule has 0 radical (unpaired) electrons. The van der Waals surface area contributed by atoms with E-state index in [1.165, 1.54) is 90.9 Å². The molecule has 0 bridgehead atoms. The Balaban J connectivity index is 1.45. The molecule has 2 aliphatic rings. The molecule has 1 N–H and O–H groups in total. The van der Waals surface area contributed by atoms with E-state index in [0.717, 1.165) is 11.8 Å². The van der Waals surface area contributed by atoms with Gasteiger partial charge >= 0.3 is 0 Å². The molecule has 3 nitrogen and oxygen atoms in total. The van der Waals surface area contributed by atoms with Gasteiger partial charge in [-0.25, -0.2) is 0 Å². The number of nitrogens with zero attached hydrogens (tertiary/aromatic N) is 2. The Morgan fingerprint density at radius 1 is 0.952 bits per heavy atom. The summed E-state index contributed by atoms with van der Waals surface area (Å²) in [4.78, 5) is 5.35. The molecule has 0 aromatic rings. The number of hydrogen-bond acceptors (Lipinski definition) is 3. The van der Waals surface area contributed by atoms with Crippen molar-refractivity contribution in [2.24, 2.45) is 11.8 Å². The maximum Gasteiger partial charge on any atom is 0.0107 e. The van der Waals surface area contributed by atoms with Crippen molar-refractivity contribution in [1.82, 2.24) is 15.1 Å². The van der Waals surface area contributed by atoms with Crippen LogP contribution in [-0.2, 0) is 0 Å². The van der Waals surface area contributed by atoms with Crippen molar-refractivity contribution >= 4 is 0 Å². The summed E-state index contributed by atoms with van der Waals surface area (Å²) in [7, 11) is 0. The number of likely N-dealkylation sites (tertiary alicyclic amines) is 2. The third kappa shape index (κ3) is 7.12. The highest BCUT2D eigenvalue weighted by atomic mass is 15.2. The first-order valence-corrected chi connectivity index (χ1v) is 9.39. The summed E-state index contributed by atoms with van der Waals surface area (Å²) in [6.45, 7) is 15.0. The molecule has 0 amide bonds. The molecule has 2 fully saturated rings. The molecule has 0 aliphatic carbocycles. The number of rotatable bonds is 9. The van der Waals surface area contributed by atoms with Gasteiger partial charge in [-0.1, -0.05) is 13.8 Å². The minimum atomic E-state index is 0.849. The Kier molecular flexibility index (Phi) is 8.05. The summed E-state index contributed by atoms with van der Waals surface area (Å²) >= 11 is 0. The van der Waals surface area contributed by atoms with E-state index in [9.17, 15) is 0 Å². The van der Waals surface area contributed by atoms with Crippen LogP contribution < -0.4 is 5.32 Å². The number of hydrogen-bond donors (Lipinski definition) is 1. The highest BCUT2D eigenvalue weighted by molar-refractivity contribution is 4.77. The van der Waals surface area contributed by atoms with Crippen LogP contribution >= 0.6 is 0 Å². The van der Waals surface area contributed by atoms with Gasteiger partial charge < -0.3 is 15.1 Å². The molecule has 0 unspecified atom stereocenters. The normalized spacial score (nSPS) is 22.4. The fraction of sp³-hybridized carbons (Fsp3) is 1.00. The Morgan fingerprint density at radius 3 is 2.33 bits per heavy atom. The fourth-order valence-electron chi connectivity index (χ4n) is 3.72. The molecule has 2 saturated heterocycles. The molecule has 2 aliphatic heterocycles. The van der Waals surface area contributed by atoms with E-state index in [1.807, 2.05) is 0 Å². The number of nitrogens with one attached hydrogen (secondary N) is 1. The summed E-state index contributed by atoms with van der Waals surface area (Å²) in [6, 6.07) is 0. The second kappa shape index (κ2) is 9.81. The summed E-state index contributed by atoms with van der Waals surface area (Å²) in [5.41, 5.74) is 0. The molecule has 0 aromatic heterocycles. The summed E-state index contributed by atoms with van der Waals surface area (Å²) < 4.78 is 0. The Labute approximate surface area is 132 Å². The van der Waals surface area contributed by atoms with E-state index in [2.05, 4.69) is 29.0 Å². The van der Waals surface area contributed by atoms with Crippen LogP contribution in [0.15, 0.2) is 0 Å². The van der Waals surface area contributed by atoms with Gasteiger partial charge in [0.25, 0.3) is 0 Å². The molecule has 0 aromatic carbocycles. The molecule has 2 rings (SSSR count). The van der Waals surface area contributed by atoms with Gasteiger partial charge in [-0.05, 0) is 83.1 Å². The molecule has 3 heteroatoms. The first-order valence-electron chi connectivity index (χ1n) is 9.39. The molecule has 21 heavy (non-hydrogen) atoms. The largest absolute Gasteiger partial charge is 0.315 e. The molecular weight excluding hydrogens is 258 g/mol. The fourth-order valence-corrected chi connectivity index (χ4v) is 3.72. The minimum absolute atomic E-state index is 0.849. The molecular formula is C18H37N3. The van der Waals surface area contributed by atoms with Crippen molar-refractivity contribution in [3.63, 3.8) is 0 Å². The van der Waals surface area contributed by atoms with E-state index in [1.54, 1.807) is 0 Å². The van der Waals surface area contributed by atoms with E-state index in [4.69, 9.17) is 0 Å². The lowest BCUT2D eigenvalue weighted by Gasteiger charge is -2.33. The van der Waals surface area contributed by atoms with Gasteiger partial charge in [0.1, 0.15) is 0 Å². The first kappa shape index (κ1) is 17.2. The average molecular weight is 296 g/mol. The van der Waals surface area contributed by atoms with Crippen LogP contribution in [0.5, 0.6) is 0 Å². The van der Waals surface area contributed by atoms with E-state index in [-0.39, 0.29) is 0 Å². The van der Waals surface area contributed by atoms with Crippen molar-refractivity contribution in [2.75, 3.05) is 52.4 Å². The van der Waals surface area contributed by atoms with Gasteiger partial charge in [-0.15, -0.1) is 0 Å². The molecule has 0 atom stereocenters. The molecule has 2 heterocycles. The first-order chi connectivity index (χ1) is 10.2. The van der Waals surface area contributed by atoms with Crippen LogP contribution in [-0.4, -0.2) is 62.2 Å². The van der Waals surface area contributed by atoms with Crippen LogP contribution in [0.25, 0.3) is 0 Å². The maximum absolute atomic E-state index is 3.61. The lowest BCUT2D eigenvalue weighted by Crippen LogP contribution is -2.41. The van der Waals surface area contributed by atoms with E-state index < -0.39 is 0 Å². The second-order valence-corrected chi connectivity index (χ2v) is 7.58. The predicted octanol–water partition coefficient (Wildman–Crippen LogP) is 2.82. The van der Waals surface area contributed by atoms with E-state index >= 15 is 0 Å². The molecule has 0 saturated carbocycles. The van der Waals surface area contributed by atoms with Crippen LogP contribution in [0, 0.1) is 11.8 Å². The van der Waals surface area contributed by atoms with Crippen LogP contribution in [0.4, 0.5) is 0 Å². The Morgan fingerprint density at radius 2 is 1.67 bits per heavy atom. The highest BCUT2D eigenvalue weighted by Gasteiger charge is 2.22. The van der Waals surface area contributed by atoms with Gasteiger partial charge in [-0.2, -0.15) is 0 Å². The molecule has 0 spiro atoms. The lowest BCUT2D eigenvalue weighted by atomic mass is 9.96. The highest BCUT2D eigenvalue weighted by Crippen LogP contribution is 2.20. The van der Waals surface area contributed by atoms with Gasteiger partial charge in [0.15, 0.2) is 0 Å². The third-order valence-corrected chi connectivity index (χ3v) is 5.16. The van der Waals surface area contributed by atoms with Crippen molar-refractivity contribution in [3.8, 4) is 0 Å². The number of piperidine rings is 1. The summed E-state index contributed by atoms with van der Waals surface area (Å²) in [6.07, 6.45) is 8.39. The topological polar surface area (TPSA) is 18.5 Å². The van der Waals surface area contributed by atoms with Gasteiger partial charge in [0, 0.05) is 19.6 Å². The van der Waals surface area contributed by atoms with Crippen molar-refractivity contribution < 1.29 is 0 Å². The van der Waals surface area contributed by atoms with Crippen LogP contribution in [0.2, 0.25) is 0 Å². The maximum atomic E-state index is 3.61. The monoisotopic (exact) mass is 295 g/mol. The second-order valence-electron chi connectivity index (χ2n) is 7.58. The van der Waals surface area contributed by atoms with E-state index in [0.29, 0.717) is 0 Å². The van der Waals surface area contributed by atoms with Crippen LogP contribution in [0.1, 0.15) is 52.4 Å². The zero-order chi connectivity index (χ0) is 14.9. The zero-order valence-corrected chi connectivity index (χ0v) is 14.4. The average Bonchev–Trinajstić information content (AvgIpc) is 2.97. The Hall–Kier alpha value is -0.120.